The van der Waals surface area contributed by atoms with Gasteiger partial charge in [-0.15, -0.1) is 0 Å². The summed E-state index contributed by atoms with van der Waals surface area (Å²) in [6, 6.07) is 56.9. The van der Waals surface area contributed by atoms with E-state index in [1.54, 1.807) is 0 Å². The molecule has 244 valence electrons. The van der Waals surface area contributed by atoms with Gasteiger partial charge in [0.15, 0.2) is 6.17 Å². The van der Waals surface area contributed by atoms with Crippen molar-refractivity contribution in [3.63, 3.8) is 0 Å². The monoisotopic (exact) mass is 667 g/mol. The fourth-order valence-corrected chi connectivity index (χ4v) is 7.80. The van der Waals surface area contributed by atoms with E-state index in [1.165, 1.54) is 16.2 Å². The maximum atomic E-state index is 6.55. The fourth-order valence-electron chi connectivity index (χ4n) is 7.80. The van der Waals surface area contributed by atoms with E-state index in [0.717, 1.165) is 88.8 Å². The highest BCUT2D eigenvalue weighted by Gasteiger charge is 2.25. The highest BCUT2D eigenvalue weighted by molar-refractivity contribution is 6.18. The number of fused-ring (bicyclic) bond motifs is 9. The Morgan fingerprint density at radius 3 is 1.85 bits per heavy atom. The Balaban J connectivity index is 1.13. The largest absolute Gasteiger partial charge is 0.456 e. The molecule has 0 saturated heterocycles. The van der Waals surface area contributed by atoms with Crippen molar-refractivity contribution >= 4 is 77.1 Å². The van der Waals surface area contributed by atoms with Gasteiger partial charge < -0.3 is 14.2 Å². The normalized spacial score (nSPS) is 14.7. The summed E-state index contributed by atoms with van der Waals surface area (Å²) >= 11 is 0. The molecule has 0 amide bonds. The molecule has 1 aliphatic heterocycles. The number of nitrogens with zero attached hydrogens (tertiary/aromatic N) is 2. The molecule has 5 nitrogen and oxygen atoms in total. The number of para-hydroxylation sites is 2. The minimum atomic E-state index is -0.544. The molecule has 0 spiro atoms. The van der Waals surface area contributed by atoms with Crippen molar-refractivity contribution in [3.05, 3.63) is 180 Å². The van der Waals surface area contributed by atoms with Gasteiger partial charge in [-0.1, -0.05) is 121 Å². The number of hydrogen-bond acceptors (Lipinski definition) is 5. The first-order valence-corrected chi connectivity index (χ1v) is 17.5. The summed E-state index contributed by atoms with van der Waals surface area (Å²) in [5.41, 5.74) is 8.35. The molecule has 8 aromatic carbocycles. The van der Waals surface area contributed by atoms with Crippen LogP contribution in [0.5, 0.6) is 0 Å². The summed E-state index contributed by atoms with van der Waals surface area (Å²) in [5.74, 6) is 1.54. The van der Waals surface area contributed by atoms with Crippen LogP contribution in [0.4, 0.5) is 0 Å². The van der Waals surface area contributed by atoms with Crippen LogP contribution in [0.15, 0.2) is 183 Å². The summed E-state index contributed by atoms with van der Waals surface area (Å²) in [6.45, 7) is 0. The van der Waals surface area contributed by atoms with Crippen LogP contribution in [0.25, 0.3) is 76.5 Å². The number of hydrogen-bond donors (Lipinski definition) is 1. The number of nitrogens with one attached hydrogen (secondary N) is 1. The second-order valence-corrected chi connectivity index (χ2v) is 13.4. The highest BCUT2D eigenvalue weighted by Crippen LogP contribution is 2.41. The first-order valence-electron chi connectivity index (χ1n) is 17.5. The zero-order valence-electron chi connectivity index (χ0n) is 27.9. The molecule has 3 heterocycles. The van der Waals surface area contributed by atoms with Gasteiger partial charge in [0.2, 0.25) is 0 Å². The van der Waals surface area contributed by atoms with Gasteiger partial charge in [0.05, 0.1) is 0 Å². The van der Waals surface area contributed by atoms with Crippen molar-refractivity contribution in [1.29, 1.82) is 0 Å². The quantitative estimate of drug-likeness (QED) is 0.190. The van der Waals surface area contributed by atoms with Crippen molar-refractivity contribution in [2.24, 2.45) is 9.98 Å². The maximum absolute atomic E-state index is 6.55. The molecule has 11 rings (SSSR count). The van der Waals surface area contributed by atoms with Gasteiger partial charge in [-0.3, -0.25) is 0 Å². The molecule has 52 heavy (non-hydrogen) atoms. The van der Waals surface area contributed by atoms with Gasteiger partial charge >= 0.3 is 0 Å². The summed E-state index contributed by atoms with van der Waals surface area (Å²) in [4.78, 5) is 10.7. The molecule has 10 aromatic rings. The zero-order chi connectivity index (χ0) is 34.2. The molecule has 0 bridgehead atoms. The van der Waals surface area contributed by atoms with Crippen LogP contribution in [0.2, 0.25) is 0 Å². The van der Waals surface area contributed by atoms with E-state index < -0.39 is 6.17 Å². The number of furan rings is 2. The second-order valence-electron chi connectivity index (χ2n) is 13.4. The minimum Gasteiger partial charge on any atom is -0.456 e. The third kappa shape index (κ3) is 4.56. The van der Waals surface area contributed by atoms with E-state index in [1.807, 2.05) is 48.5 Å². The third-order valence-electron chi connectivity index (χ3n) is 10.3. The lowest BCUT2D eigenvalue weighted by molar-refractivity contribution is 0.667. The van der Waals surface area contributed by atoms with E-state index in [2.05, 4.69) is 121 Å². The Bertz CT molecular complexity index is 3110. The van der Waals surface area contributed by atoms with Crippen molar-refractivity contribution in [2.45, 2.75) is 6.17 Å². The Labute approximate surface area is 298 Å². The van der Waals surface area contributed by atoms with Crippen LogP contribution >= 0.6 is 0 Å². The molecule has 0 fully saturated rings. The van der Waals surface area contributed by atoms with Crippen molar-refractivity contribution in [1.82, 2.24) is 5.32 Å². The van der Waals surface area contributed by atoms with Gasteiger partial charge in [0, 0.05) is 38.2 Å². The number of rotatable bonds is 4. The third-order valence-corrected chi connectivity index (χ3v) is 10.3. The van der Waals surface area contributed by atoms with Gasteiger partial charge in [0.25, 0.3) is 0 Å². The maximum Gasteiger partial charge on any atom is 0.170 e. The SMILES string of the molecule is c1ccc(C2=NC(c3cc(-c4ccc5c(c4)oc4ccccc45)cc4oc5ccccc5c34)N=C(c3ccc4c(ccc5ccccc54)c3)N2)cc1. The van der Waals surface area contributed by atoms with Gasteiger partial charge in [-0.25, -0.2) is 9.98 Å². The lowest BCUT2D eigenvalue weighted by atomic mass is 9.96. The summed E-state index contributed by atoms with van der Waals surface area (Å²) in [7, 11) is 0. The predicted octanol–water partition coefficient (Wildman–Crippen LogP) is 12.0. The van der Waals surface area contributed by atoms with Crippen molar-refractivity contribution in [3.8, 4) is 11.1 Å². The predicted molar refractivity (Wildman–Crippen MR) is 213 cm³/mol. The topological polar surface area (TPSA) is 63.0 Å². The van der Waals surface area contributed by atoms with Gasteiger partial charge in [0.1, 0.15) is 34.0 Å². The van der Waals surface area contributed by atoms with E-state index in [0.29, 0.717) is 0 Å². The fraction of sp³-hybridized carbons (Fsp3) is 0.0213. The molecular formula is C47H29N3O2. The Hall–Kier alpha value is -6.98. The Kier molecular flexibility index (Phi) is 6.25. The molecule has 1 unspecified atom stereocenters. The highest BCUT2D eigenvalue weighted by atomic mass is 16.3. The zero-order valence-corrected chi connectivity index (χ0v) is 27.9. The van der Waals surface area contributed by atoms with Crippen LogP contribution < -0.4 is 5.32 Å². The molecule has 0 aliphatic carbocycles. The average Bonchev–Trinajstić information content (AvgIpc) is 3.78. The van der Waals surface area contributed by atoms with Gasteiger partial charge in [-0.05, 0) is 75.1 Å². The minimum absolute atomic E-state index is 0.544. The Morgan fingerprint density at radius 1 is 0.385 bits per heavy atom. The van der Waals surface area contributed by atoms with Crippen LogP contribution in [-0.2, 0) is 0 Å². The molecule has 1 N–H and O–H groups in total. The van der Waals surface area contributed by atoms with Crippen LogP contribution in [0, 0.1) is 0 Å². The smallest absolute Gasteiger partial charge is 0.170 e. The average molecular weight is 668 g/mol. The molecule has 5 heteroatoms. The summed E-state index contributed by atoms with van der Waals surface area (Å²) in [5, 5.41) is 12.7. The Morgan fingerprint density at radius 2 is 0.981 bits per heavy atom. The first kappa shape index (κ1) is 28.8. The molecule has 2 aromatic heterocycles. The molecule has 0 radical (unpaired) electrons. The number of amidine groups is 2. The van der Waals surface area contributed by atoms with Crippen LogP contribution in [0.1, 0.15) is 22.9 Å². The van der Waals surface area contributed by atoms with Gasteiger partial charge in [-0.2, -0.15) is 0 Å². The van der Waals surface area contributed by atoms with Crippen LogP contribution in [-0.4, -0.2) is 11.7 Å². The molecule has 1 atom stereocenters. The van der Waals surface area contributed by atoms with Crippen molar-refractivity contribution in [2.75, 3.05) is 0 Å². The number of aliphatic imine (C=N–C) groups is 2. The lowest BCUT2D eigenvalue weighted by Gasteiger charge is -2.23. The molecule has 0 saturated carbocycles. The van der Waals surface area contributed by atoms with E-state index in [-0.39, 0.29) is 0 Å². The second kappa shape index (κ2) is 11.3. The molecular weight excluding hydrogens is 639 g/mol. The van der Waals surface area contributed by atoms with Crippen LogP contribution in [0.3, 0.4) is 0 Å². The summed E-state index contributed by atoms with van der Waals surface area (Å²) < 4.78 is 12.9. The van der Waals surface area contributed by atoms with E-state index in [9.17, 15) is 0 Å². The van der Waals surface area contributed by atoms with E-state index >= 15 is 0 Å². The van der Waals surface area contributed by atoms with E-state index in [4.69, 9.17) is 18.8 Å². The summed E-state index contributed by atoms with van der Waals surface area (Å²) in [6.07, 6.45) is -0.544. The standard InChI is InChI=1S/C47H29N3O2/c1-2-11-29(12-3-1)45-48-46(32-21-22-35-31(24-32)19-18-28-10-4-5-13-34(28)35)50-47(49-45)39-25-33(27-43-44(39)38-15-7-9-17-41(38)52-43)30-20-23-37-36-14-6-8-16-40(36)51-42(37)26-30/h1-27,47H,(H,48,49,50). The first-order chi connectivity index (χ1) is 25.7. The number of benzene rings is 8. The van der Waals surface area contributed by atoms with Crippen molar-refractivity contribution < 1.29 is 8.83 Å². The lowest BCUT2D eigenvalue weighted by Crippen LogP contribution is -2.36. The molecule has 1 aliphatic rings.